The third kappa shape index (κ3) is 2.62. The van der Waals surface area contributed by atoms with Gasteiger partial charge in [0.15, 0.2) is 0 Å². The summed E-state index contributed by atoms with van der Waals surface area (Å²) in [5.74, 6) is 0. The average molecular weight is 187 g/mol. The molecule has 0 saturated carbocycles. The summed E-state index contributed by atoms with van der Waals surface area (Å²) in [7, 11) is 8.06. The van der Waals surface area contributed by atoms with Gasteiger partial charge in [0.2, 0.25) is 0 Å². The Bertz CT molecular complexity index is 391. The number of thiophene rings is 1. The van der Waals surface area contributed by atoms with E-state index < -0.39 is 0 Å². The van der Waals surface area contributed by atoms with Crippen molar-refractivity contribution in [3.8, 4) is 0 Å². The minimum absolute atomic E-state index is 1.25. The normalized spacial score (nSPS) is 8.86. The molecule has 0 aromatic carbocycles. The van der Waals surface area contributed by atoms with Crippen molar-refractivity contribution in [1.29, 1.82) is 0 Å². The first-order valence-corrected chi connectivity index (χ1v) is 5.57. The van der Waals surface area contributed by atoms with Crippen molar-refractivity contribution in [3.63, 3.8) is 0 Å². The molecule has 0 nitrogen and oxygen atoms in total. The van der Waals surface area contributed by atoms with E-state index >= 15 is 0 Å². The Kier molecular flexibility index (Phi) is 5.22. The van der Waals surface area contributed by atoms with Crippen LogP contribution in [0.4, 0.5) is 0 Å². The summed E-state index contributed by atoms with van der Waals surface area (Å²) in [6.45, 7) is 12.4. The van der Waals surface area contributed by atoms with Gasteiger partial charge in [-0.2, -0.15) is 0 Å². The molecule has 0 aliphatic carbocycles. The summed E-state index contributed by atoms with van der Waals surface area (Å²) in [5, 5.41) is 0. The quantitative estimate of drug-likeness (QED) is 0.414. The van der Waals surface area contributed by atoms with E-state index in [1.807, 2.05) is 32.7 Å². The second-order valence-electron chi connectivity index (χ2n) is 3.05. The van der Waals surface area contributed by atoms with E-state index in [-0.39, 0.29) is 0 Å². The van der Waals surface area contributed by atoms with Gasteiger partial charge in [0.25, 0.3) is 0 Å². The van der Waals surface area contributed by atoms with Gasteiger partial charge in [-0.15, -0.1) is 0 Å². The predicted molar refractivity (Wildman–Crippen MR) is 81.7 cm³/mol. The molecule has 1 aromatic rings. The van der Waals surface area contributed by atoms with Gasteiger partial charge in [-0.25, -0.2) is 0 Å². The first kappa shape index (κ1) is 12.3. The standard InChI is InChI=1S/C5H8B8S/c1-9-12-5-3(10-7)2(11-13-8)4(6)14-5/h7H,6,8H2,1H3. The number of hydrogen-bond donors (Lipinski definition) is 0. The molecule has 0 saturated heterocycles. The van der Waals surface area contributed by atoms with E-state index in [0.717, 1.165) is 0 Å². The maximum absolute atomic E-state index is 3.87. The Hall–Kier alpha value is 0.219. The summed E-state index contributed by atoms with van der Waals surface area (Å²) < 4.78 is 2.65. The molecule has 0 aliphatic heterocycles. The average Bonchev–Trinajstić information content (AvgIpc) is 2.44. The Morgan fingerprint density at radius 2 is 2.00 bits per heavy atom. The molecule has 0 bridgehead atoms. The molecular weight excluding hydrogens is 179 g/mol. The van der Waals surface area contributed by atoms with Crippen LogP contribution in [0.2, 0.25) is 6.82 Å². The fraction of sp³-hybridized carbons (Fsp3) is 0.200. The summed E-state index contributed by atoms with van der Waals surface area (Å²) in [6, 6.07) is 0. The first-order valence-electron chi connectivity index (χ1n) is 4.75. The van der Waals surface area contributed by atoms with Crippen LogP contribution in [0.25, 0.3) is 0 Å². The van der Waals surface area contributed by atoms with Crippen LogP contribution in [0.1, 0.15) is 0 Å². The molecule has 0 spiro atoms. The van der Waals surface area contributed by atoms with Gasteiger partial charge in [0.05, 0.1) is 0 Å². The molecule has 1 heterocycles. The fourth-order valence-corrected chi connectivity index (χ4v) is 2.58. The molecule has 1 aromatic heterocycles. The van der Waals surface area contributed by atoms with E-state index in [2.05, 4.69) is 42.3 Å². The van der Waals surface area contributed by atoms with Crippen LogP contribution in [0.3, 0.4) is 0 Å². The van der Waals surface area contributed by atoms with Crippen LogP contribution in [-0.2, 0) is 0 Å². The third-order valence-electron chi connectivity index (χ3n) is 2.05. The molecule has 1 rings (SSSR count). The molecular formula is C5H8B8S. The van der Waals surface area contributed by atoms with Crippen molar-refractivity contribution in [3.05, 3.63) is 0 Å². The summed E-state index contributed by atoms with van der Waals surface area (Å²) in [5.41, 5.74) is 2.56. The Morgan fingerprint density at radius 3 is 2.50 bits per heavy atom. The van der Waals surface area contributed by atoms with Crippen molar-refractivity contribution < 1.29 is 0 Å². The molecule has 0 radical (unpaired) electrons. The topological polar surface area (TPSA) is 0 Å². The van der Waals surface area contributed by atoms with Crippen LogP contribution in [0.5, 0.6) is 0 Å². The van der Waals surface area contributed by atoms with Gasteiger partial charge in [0.1, 0.15) is 0 Å². The van der Waals surface area contributed by atoms with Gasteiger partial charge in [0, 0.05) is 0 Å². The van der Waals surface area contributed by atoms with Crippen LogP contribution in [0, 0.1) is 0 Å². The molecule has 0 atom stereocenters. The van der Waals surface area contributed by atoms with Crippen molar-refractivity contribution in [2.24, 2.45) is 0 Å². The molecule has 9 heteroatoms. The van der Waals surface area contributed by atoms with Gasteiger partial charge in [-0.1, -0.05) is 0 Å². The summed E-state index contributed by atoms with van der Waals surface area (Å²) in [4.78, 5) is 0. The zero-order valence-electron chi connectivity index (χ0n) is 9.00. The van der Waals surface area contributed by atoms with Gasteiger partial charge >= 0.3 is 95.5 Å². The summed E-state index contributed by atoms with van der Waals surface area (Å²) in [6.07, 6.45) is 0. The maximum atomic E-state index is 3.87. The molecule has 14 heavy (non-hydrogen) atoms. The molecule has 0 aliphatic rings. The molecule has 58 valence electrons. The molecule has 0 N–H and O–H groups in total. The van der Waals surface area contributed by atoms with Gasteiger partial charge in [-0.05, 0) is 0 Å². The summed E-state index contributed by atoms with van der Waals surface area (Å²) >= 11 is 1.82. The minimum atomic E-state index is 1.25. The van der Waals surface area contributed by atoms with Gasteiger partial charge in [-0.3, -0.25) is 0 Å². The Labute approximate surface area is 95.5 Å². The predicted octanol–water partition coefficient (Wildman–Crippen LogP) is -5.35. The van der Waals surface area contributed by atoms with E-state index in [9.17, 15) is 0 Å². The van der Waals surface area contributed by atoms with Crippen molar-refractivity contribution in [2.45, 2.75) is 6.82 Å². The first-order chi connectivity index (χ1) is 6.74. The van der Waals surface area contributed by atoms with Crippen LogP contribution in [-0.4, -0.2) is 56.9 Å². The van der Waals surface area contributed by atoms with E-state index in [4.69, 9.17) is 0 Å². The van der Waals surface area contributed by atoms with Crippen molar-refractivity contribution in [2.75, 3.05) is 0 Å². The SMILES string of the molecule is B=Bc1c(/B=B\C)sc(B)c1/B=B\B. The van der Waals surface area contributed by atoms with Crippen molar-refractivity contribution >= 4 is 88.7 Å². The zero-order valence-corrected chi connectivity index (χ0v) is 9.82. The van der Waals surface area contributed by atoms with Crippen LogP contribution < -0.4 is 20.5 Å². The molecule has 0 fully saturated rings. The Morgan fingerprint density at radius 1 is 1.29 bits per heavy atom. The fourth-order valence-electron chi connectivity index (χ4n) is 1.46. The van der Waals surface area contributed by atoms with E-state index in [1.54, 1.807) is 0 Å². The second kappa shape index (κ2) is 5.95. The number of rotatable bonds is 3. The monoisotopic (exact) mass is 188 g/mol. The van der Waals surface area contributed by atoms with Crippen molar-refractivity contribution in [1.82, 2.24) is 0 Å². The Balaban J connectivity index is 3.34. The van der Waals surface area contributed by atoms with E-state index in [0.29, 0.717) is 0 Å². The number of hydrogen-bond acceptors (Lipinski definition) is 1. The molecule has 0 unspecified atom stereocenters. The van der Waals surface area contributed by atoms with E-state index in [1.165, 1.54) is 20.5 Å². The van der Waals surface area contributed by atoms with Crippen LogP contribution >= 0.6 is 11.3 Å². The third-order valence-corrected chi connectivity index (χ3v) is 3.16. The zero-order chi connectivity index (χ0) is 10.6. The van der Waals surface area contributed by atoms with Crippen LogP contribution in [0.15, 0.2) is 0 Å². The molecule has 0 amide bonds. The van der Waals surface area contributed by atoms with Gasteiger partial charge < -0.3 is 0 Å². The second-order valence-corrected chi connectivity index (χ2v) is 4.31.